The van der Waals surface area contributed by atoms with E-state index in [1.54, 1.807) is 11.6 Å². The number of anilines is 2. The predicted molar refractivity (Wildman–Crippen MR) is 62.6 cm³/mol. The summed E-state index contributed by atoms with van der Waals surface area (Å²) in [6, 6.07) is 4.22. The summed E-state index contributed by atoms with van der Waals surface area (Å²) in [6.45, 7) is 0. The van der Waals surface area contributed by atoms with E-state index in [2.05, 4.69) is 10.3 Å². The first-order valence-electron chi connectivity index (χ1n) is 4.46. The summed E-state index contributed by atoms with van der Waals surface area (Å²) in [6.07, 6.45) is 1.59. The molecular weight excluding hydrogens is 226 g/mol. The van der Waals surface area contributed by atoms with Gasteiger partial charge in [-0.2, -0.15) is 0 Å². The average molecular weight is 235 g/mol. The second-order valence-electron chi connectivity index (χ2n) is 3.06. The molecule has 0 bridgehead atoms. The van der Waals surface area contributed by atoms with Gasteiger partial charge in [-0.3, -0.25) is 10.1 Å². The highest BCUT2D eigenvalue weighted by atomic mass is 32.1. The van der Waals surface area contributed by atoms with Crippen LogP contribution in [0.3, 0.4) is 0 Å². The molecule has 1 amide bonds. The molecule has 82 valence electrons. The molecule has 5 nitrogen and oxygen atoms in total. The third kappa shape index (κ3) is 2.12. The molecule has 0 spiro atoms. The fourth-order valence-corrected chi connectivity index (χ4v) is 1.71. The number of nitrogens with two attached hydrogens (primary N) is 1. The van der Waals surface area contributed by atoms with Crippen molar-refractivity contribution in [1.82, 2.24) is 4.98 Å². The van der Waals surface area contributed by atoms with Crippen LogP contribution in [0.2, 0.25) is 0 Å². The number of aromatic nitrogens is 1. The molecule has 6 heteroatoms. The van der Waals surface area contributed by atoms with Crippen molar-refractivity contribution in [2.24, 2.45) is 0 Å². The van der Waals surface area contributed by atoms with Crippen LogP contribution < -0.4 is 11.1 Å². The van der Waals surface area contributed by atoms with Crippen LogP contribution in [0, 0.1) is 0 Å². The number of phenolic OH excluding ortho intramolecular Hbond substituents is 1. The van der Waals surface area contributed by atoms with Gasteiger partial charge in [0.25, 0.3) is 5.91 Å². The van der Waals surface area contributed by atoms with Gasteiger partial charge in [0.15, 0.2) is 5.13 Å². The van der Waals surface area contributed by atoms with Gasteiger partial charge in [-0.25, -0.2) is 4.98 Å². The molecule has 0 saturated carbocycles. The molecule has 2 rings (SSSR count). The topological polar surface area (TPSA) is 88.2 Å². The number of nitrogens with zero attached hydrogens (tertiary/aromatic N) is 1. The lowest BCUT2D eigenvalue weighted by molar-refractivity contribution is 0.102. The summed E-state index contributed by atoms with van der Waals surface area (Å²) in [4.78, 5) is 15.7. The van der Waals surface area contributed by atoms with Crippen LogP contribution in [0.1, 0.15) is 10.4 Å². The summed E-state index contributed by atoms with van der Waals surface area (Å²) < 4.78 is 0. The van der Waals surface area contributed by atoms with Crippen LogP contribution in [0.4, 0.5) is 10.8 Å². The Morgan fingerprint density at radius 3 is 3.00 bits per heavy atom. The maximum Gasteiger partial charge on any atom is 0.259 e. The molecule has 0 fully saturated rings. The van der Waals surface area contributed by atoms with Gasteiger partial charge in [-0.05, 0) is 18.2 Å². The molecule has 4 N–H and O–H groups in total. The van der Waals surface area contributed by atoms with Crippen LogP contribution in [-0.2, 0) is 0 Å². The second-order valence-corrected chi connectivity index (χ2v) is 3.96. The van der Waals surface area contributed by atoms with Crippen LogP contribution in [0.5, 0.6) is 5.75 Å². The van der Waals surface area contributed by atoms with Gasteiger partial charge in [0.2, 0.25) is 0 Å². The highest BCUT2D eigenvalue weighted by Crippen LogP contribution is 2.20. The lowest BCUT2D eigenvalue weighted by atomic mass is 10.1. The van der Waals surface area contributed by atoms with E-state index >= 15 is 0 Å². The van der Waals surface area contributed by atoms with Crippen molar-refractivity contribution in [3.8, 4) is 5.75 Å². The SMILES string of the molecule is Nc1ccc(O)cc1C(=O)Nc1nccs1. The van der Waals surface area contributed by atoms with E-state index in [0.717, 1.165) is 0 Å². The number of amides is 1. The Morgan fingerprint density at radius 1 is 1.50 bits per heavy atom. The molecule has 0 saturated heterocycles. The Balaban J connectivity index is 2.24. The van der Waals surface area contributed by atoms with Crippen molar-refractivity contribution < 1.29 is 9.90 Å². The van der Waals surface area contributed by atoms with E-state index in [9.17, 15) is 9.90 Å². The number of nitrogens with one attached hydrogen (secondary N) is 1. The van der Waals surface area contributed by atoms with Crippen LogP contribution in [0.15, 0.2) is 29.8 Å². The standard InChI is InChI=1S/C10H9N3O2S/c11-8-2-1-6(14)5-7(8)9(15)13-10-12-3-4-16-10/h1-5,14H,11H2,(H,12,13,15). The molecular formula is C10H9N3O2S. The lowest BCUT2D eigenvalue weighted by Gasteiger charge is -2.05. The van der Waals surface area contributed by atoms with Gasteiger partial charge in [0.1, 0.15) is 5.75 Å². The molecule has 0 aliphatic carbocycles. The predicted octanol–water partition coefficient (Wildman–Crippen LogP) is 1.68. The molecule has 2 aromatic rings. The number of hydrogen-bond donors (Lipinski definition) is 3. The Kier molecular flexibility index (Phi) is 2.74. The van der Waals surface area contributed by atoms with E-state index in [0.29, 0.717) is 10.8 Å². The average Bonchev–Trinajstić information content (AvgIpc) is 2.74. The summed E-state index contributed by atoms with van der Waals surface area (Å²) >= 11 is 1.31. The highest BCUT2D eigenvalue weighted by molar-refractivity contribution is 7.13. The maximum atomic E-state index is 11.7. The van der Waals surface area contributed by atoms with Gasteiger partial charge in [0.05, 0.1) is 5.56 Å². The van der Waals surface area contributed by atoms with Gasteiger partial charge < -0.3 is 10.8 Å². The summed E-state index contributed by atoms with van der Waals surface area (Å²) in [5.41, 5.74) is 6.17. The summed E-state index contributed by atoms with van der Waals surface area (Å²) in [5, 5.41) is 14.1. The largest absolute Gasteiger partial charge is 0.508 e. The minimum absolute atomic E-state index is 0.00140. The van der Waals surface area contributed by atoms with Gasteiger partial charge >= 0.3 is 0 Å². The molecule has 16 heavy (non-hydrogen) atoms. The molecule has 1 heterocycles. The summed E-state index contributed by atoms with van der Waals surface area (Å²) in [5.74, 6) is -0.387. The van der Waals surface area contributed by atoms with Crippen LogP contribution in [0.25, 0.3) is 0 Å². The Labute approximate surface area is 95.6 Å². The number of nitrogen functional groups attached to an aromatic ring is 1. The molecule has 1 aromatic heterocycles. The van der Waals surface area contributed by atoms with Crippen molar-refractivity contribution in [2.45, 2.75) is 0 Å². The zero-order valence-electron chi connectivity index (χ0n) is 8.18. The van der Waals surface area contributed by atoms with Gasteiger partial charge in [0, 0.05) is 17.3 Å². The van der Waals surface area contributed by atoms with Gasteiger partial charge in [-0.1, -0.05) is 0 Å². The number of phenols is 1. The quantitative estimate of drug-likeness (QED) is 0.546. The third-order valence-electron chi connectivity index (χ3n) is 1.93. The smallest absolute Gasteiger partial charge is 0.259 e. The minimum atomic E-state index is -0.386. The first kappa shape index (κ1) is 10.4. The first-order valence-corrected chi connectivity index (χ1v) is 5.34. The second kappa shape index (κ2) is 4.19. The van der Waals surface area contributed by atoms with Gasteiger partial charge in [-0.15, -0.1) is 11.3 Å². The Morgan fingerprint density at radius 2 is 2.31 bits per heavy atom. The number of hydrogen-bond acceptors (Lipinski definition) is 5. The lowest BCUT2D eigenvalue weighted by Crippen LogP contribution is -2.13. The van der Waals surface area contributed by atoms with Crippen molar-refractivity contribution in [2.75, 3.05) is 11.1 Å². The van der Waals surface area contributed by atoms with E-state index in [-0.39, 0.29) is 17.2 Å². The molecule has 0 atom stereocenters. The minimum Gasteiger partial charge on any atom is -0.508 e. The first-order chi connectivity index (χ1) is 7.66. The van der Waals surface area contributed by atoms with E-state index in [1.807, 2.05) is 0 Å². The van der Waals surface area contributed by atoms with E-state index in [4.69, 9.17) is 5.73 Å². The summed E-state index contributed by atoms with van der Waals surface area (Å²) in [7, 11) is 0. The molecule has 0 unspecified atom stereocenters. The van der Waals surface area contributed by atoms with Crippen molar-refractivity contribution >= 4 is 28.1 Å². The van der Waals surface area contributed by atoms with E-state index in [1.165, 1.54) is 29.5 Å². The number of carbonyl (C=O) groups excluding carboxylic acids is 1. The van der Waals surface area contributed by atoms with Crippen LogP contribution in [-0.4, -0.2) is 16.0 Å². The fourth-order valence-electron chi connectivity index (χ4n) is 1.19. The number of thiazole rings is 1. The van der Waals surface area contributed by atoms with Crippen molar-refractivity contribution in [3.63, 3.8) is 0 Å². The highest BCUT2D eigenvalue weighted by Gasteiger charge is 2.11. The molecule has 0 radical (unpaired) electrons. The van der Waals surface area contributed by atoms with Crippen molar-refractivity contribution in [3.05, 3.63) is 35.3 Å². The Hall–Kier alpha value is -2.08. The molecule has 0 aliphatic heterocycles. The monoisotopic (exact) mass is 235 g/mol. The zero-order valence-corrected chi connectivity index (χ0v) is 8.99. The number of rotatable bonds is 2. The molecule has 0 aliphatic rings. The number of benzene rings is 1. The number of carbonyl (C=O) groups is 1. The Bertz CT molecular complexity index is 511. The fraction of sp³-hybridized carbons (Fsp3) is 0. The normalized spacial score (nSPS) is 10.0. The third-order valence-corrected chi connectivity index (χ3v) is 2.62. The zero-order chi connectivity index (χ0) is 11.5. The van der Waals surface area contributed by atoms with Crippen LogP contribution >= 0.6 is 11.3 Å². The number of aromatic hydroxyl groups is 1. The molecule has 1 aromatic carbocycles. The van der Waals surface area contributed by atoms with E-state index < -0.39 is 0 Å². The maximum absolute atomic E-state index is 11.7. The van der Waals surface area contributed by atoms with Crippen molar-refractivity contribution in [1.29, 1.82) is 0 Å².